The van der Waals surface area contributed by atoms with Crippen LogP contribution in [0.4, 0.5) is 36.4 Å². The van der Waals surface area contributed by atoms with E-state index in [0.717, 1.165) is 0 Å². The van der Waals surface area contributed by atoms with E-state index >= 15 is 0 Å². The van der Waals surface area contributed by atoms with Crippen molar-refractivity contribution < 1.29 is 30.7 Å². The van der Waals surface area contributed by atoms with Crippen LogP contribution in [0.3, 0.4) is 0 Å². The Morgan fingerprint density at radius 2 is 1.33 bits per heavy atom. The van der Waals surface area contributed by atoms with Gasteiger partial charge in [-0.05, 0) is 0 Å². The van der Waals surface area contributed by atoms with Crippen molar-refractivity contribution in [3.63, 3.8) is 0 Å². The minimum atomic E-state index is -5.62. The fraction of sp³-hybridized carbons (Fsp3) is 0.250. The van der Waals surface area contributed by atoms with Crippen LogP contribution in [0.25, 0.3) is 0 Å². The van der Waals surface area contributed by atoms with Gasteiger partial charge in [0.15, 0.2) is 23.3 Å². The number of hydrogen-bond donors (Lipinski definition) is 0. The van der Waals surface area contributed by atoms with E-state index in [1.807, 2.05) is 5.29 Å². The molecule has 10 heteroatoms. The van der Waals surface area contributed by atoms with Crippen molar-refractivity contribution in [2.24, 2.45) is 5.29 Å². The van der Waals surface area contributed by atoms with Crippen LogP contribution in [-0.2, 0) is 6.18 Å². The molecule has 1 aromatic rings. The molecule has 0 atom stereocenters. The summed E-state index contributed by atoms with van der Waals surface area (Å²) >= 11 is 0. The number of anilines is 1. The van der Waals surface area contributed by atoms with Crippen LogP contribution in [-0.4, -0.2) is 7.05 Å². The van der Waals surface area contributed by atoms with Gasteiger partial charge in [-0.3, -0.25) is 0 Å². The van der Waals surface area contributed by atoms with Gasteiger partial charge in [0.1, 0.15) is 11.3 Å². The summed E-state index contributed by atoms with van der Waals surface area (Å²) in [6, 6.07) is 0. The molecule has 0 radical (unpaired) electrons. The normalized spacial score (nSPS) is 11.6. The second-order valence-electron chi connectivity index (χ2n) is 3.08. The fourth-order valence-electron chi connectivity index (χ4n) is 1.19. The van der Waals surface area contributed by atoms with Crippen LogP contribution in [0, 0.1) is 28.2 Å². The van der Waals surface area contributed by atoms with Gasteiger partial charge in [0, 0.05) is 7.05 Å². The first kappa shape index (κ1) is 14.2. The van der Waals surface area contributed by atoms with E-state index in [1.54, 1.807) is 0 Å². The summed E-state index contributed by atoms with van der Waals surface area (Å²) in [7, 11) is 0.612. The predicted octanol–water partition coefficient (Wildman–Crippen LogP) is 3.38. The predicted molar refractivity (Wildman–Crippen MR) is 45.5 cm³/mol. The quantitative estimate of drug-likeness (QED) is 0.359. The Labute approximate surface area is 94.7 Å². The molecule has 1 rings (SSSR count). The number of rotatable bonds is 2. The molecule has 0 aromatic heterocycles. The third-order valence-electron chi connectivity index (χ3n) is 1.97. The van der Waals surface area contributed by atoms with Crippen LogP contribution < -0.4 is 5.01 Å². The summed E-state index contributed by atoms with van der Waals surface area (Å²) in [5.41, 5.74) is -4.35. The van der Waals surface area contributed by atoms with E-state index in [-0.39, 0.29) is 5.01 Å². The van der Waals surface area contributed by atoms with E-state index in [2.05, 4.69) is 0 Å². The lowest BCUT2D eigenvalue weighted by molar-refractivity contribution is -0.143. The standard InChI is InChI=1S/C8H3F7N2O/c1-17(16-18)7-5(11)3(9)2(8(13,14)15)4(10)6(7)12/h1H3. The number of alkyl halides is 3. The van der Waals surface area contributed by atoms with Gasteiger partial charge in [-0.1, -0.05) is 0 Å². The molecule has 0 saturated carbocycles. The maximum absolute atomic E-state index is 13.1. The van der Waals surface area contributed by atoms with Gasteiger partial charge in [0.25, 0.3) is 0 Å². The first-order valence-electron chi connectivity index (χ1n) is 4.13. The van der Waals surface area contributed by atoms with Crippen molar-refractivity contribution in [3.05, 3.63) is 33.7 Å². The molecule has 1 aromatic carbocycles. The molecule has 3 nitrogen and oxygen atoms in total. The summed E-state index contributed by atoms with van der Waals surface area (Å²) in [6.45, 7) is 0. The molecule has 18 heavy (non-hydrogen) atoms. The minimum Gasteiger partial charge on any atom is -0.226 e. The molecule has 0 heterocycles. The highest BCUT2D eigenvalue weighted by molar-refractivity contribution is 5.51. The number of nitrogens with zero attached hydrogens (tertiary/aromatic N) is 2. The molecule has 0 N–H and O–H groups in total. The second-order valence-corrected chi connectivity index (χ2v) is 3.08. The molecular formula is C8H3F7N2O. The van der Waals surface area contributed by atoms with Crippen molar-refractivity contribution >= 4 is 5.69 Å². The first-order valence-corrected chi connectivity index (χ1v) is 4.13. The Bertz CT molecular complexity index is 470. The maximum Gasteiger partial charge on any atom is 0.422 e. The Kier molecular flexibility index (Phi) is 3.49. The van der Waals surface area contributed by atoms with Crippen molar-refractivity contribution in [2.45, 2.75) is 6.18 Å². The molecule has 0 spiro atoms. The highest BCUT2D eigenvalue weighted by Crippen LogP contribution is 2.39. The second kappa shape index (κ2) is 4.42. The van der Waals surface area contributed by atoms with Gasteiger partial charge in [0.05, 0.1) is 5.29 Å². The molecule has 0 bridgehead atoms. The van der Waals surface area contributed by atoms with Crippen LogP contribution in [0.5, 0.6) is 0 Å². The van der Waals surface area contributed by atoms with Crippen LogP contribution in [0.2, 0.25) is 0 Å². The molecule has 0 amide bonds. The van der Waals surface area contributed by atoms with Gasteiger partial charge in [-0.2, -0.15) is 13.2 Å². The third-order valence-corrected chi connectivity index (χ3v) is 1.97. The monoisotopic (exact) mass is 276 g/mol. The zero-order chi connectivity index (χ0) is 14.2. The van der Waals surface area contributed by atoms with E-state index in [1.165, 1.54) is 0 Å². The number of hydrogen-bond acceptors (Lipinski definition) is 2. The molecular weight excluding hydrogens is 273 g/mol. The zero-order valence-electron chi connectivity index (χ0n) is 8.45. The van der Waals surface area contributed by atoms with Gasteiger partial charge in [0.2, 0.25) is 0 Å². The van der Waals surface area contributed by atoms with E-state index in [9.17, 15) is 35.6 Å². The van der Waals surface area contributed by atoms with Gasteiger partial charge in [-0.25, -0.2) is 22.6 Å². The Balaban J connectivity index is 3.72. The number of halogens is 7. The largest absolute Gasteiger partial charge is 0.422 e. The summed E-state index contributed by atoms with van der Waals surface area (Å²) in [5, 5.41) is 1.77. The lowest BCUT2D eigenvalue weighted by atomic mass is 10.1. The van der Waals surface area contributed by atoms with Gasteiger partial charge >= 0.3 is 6.18 Å². The molecule has 100 valence electrons. The van der Waals surface area contributed by atoms with Crippen molar-refractivity contribution in [2.75, 3.05) is 12.1 Å². The zero-order valence-corrected chi connectivity index (χ0v) is 8.45. The third kappa shape index (κ3) is 2.09. The van der Waals surface area contributed by atoms with Crippen LogP contribution in [0.15, 0.2) is 5.29 Å². The lowest BCUT2D eigenvalue weighted by Crippen LogP contribution is -2.20. The van der Waals surface area contributed by atoms with E-state index in [4.69, 9.17) is 0 Å². The fourth-order valence-corrected chi connectivity index (χ4v) is 1.19. The van der Waals surface area contributed by atoms with Crippen molar-refractivity contribution in [3.8, 4) is 0 Å². The number of benzene rings is 1. The Morgan fingerprint density at radius 3 is 1.61 bits per heavy atom. The molecule has 0 saturated heterocycles. The van der Waals surface area contributed by atoms with E-state index < -0.39 is 40.7 Å². The SMILES string of the molecule is CN(N=O)c1c(F)c(F)c(C(F)(F)F)c(F)c1F. The highest BCUT2D eigenvalue weighted by Gasteiger charge is 2.43. The van der Waals surface area contributed by atoms with Crippen LogP contribution in [0.1, 0.15) is 5.56 Å². The maximum atomic E-state index is 13.1. The smallest absolute Gasteiger partial charge is 0.226 e. The van der Waals surface area contributed by atoms with Gasteiger partial charge < -0.3 is 0 Å². The molecule has 0 aliphatic rings. The first-order chi connectivity index (χ1) is 8.12. The average molecular weight is 276 g/mol. The number of nitroso groups, excluding NO2 is 1. The minimum absolute atomic E-state index is 0.170. The summed E-state index contributed by atoms with van der Waals surface area (Å²) in [5.74, 6) is -10.0. The molecule has 0 unspecified atom stereocenters. The molecule has 0 aliphatic heterocycles. The van der Waals surface area contributed by atoms with Crippen LogP contribution >= 0.6 is 0 Å². The van der Waals surface area contributed by atoms with Gasteiger partial charge in [-0.15, -0.1) is 4.91 Å². The summed E-state index contributed by atoms with van der Waals surface area (Å²) in [6.07, 6.45) is -5.62. The highest BCUT2D eigenvalue weighted by atomic mass is 19.4. The Morgan fingerprint density at radius 1 is 0.944 bits per heavy atom. The van der Waals surface area contributed by atoms with Crippen molar-refractivity contribution in [1.29, 1.82) is 0 Å². The average Bonchev–Trinajstić information content (AvgIpc) is 2.24. The molecule has 0 fully saturated rings. The van der Waals surface area contributed by atoms with Crippen molar-refractivity contribution in [1.82, 2.24) is 0 Å². The topological polar surface area (TPSA) is 32.7 Å². The summed E-state index contributed by atoms with van der Waals surface area (Å²) < 4.78 is 88.9. The summed E-state index contributed by atoms with van der Waals surface area (Å²) in [4.78, 5) is 9.99. The van der Waals surface area contributed by atoms with E-state index in [0.29, 0.717) is 7.05 Å². The Hall–Kier alpha value is -1.87. The molecule has 0 aliphatic carbocycles. The lowest BCUT2D eigenvalue weighted by Gasteiger charge is -2.16.